The predicted octanol–water partition coefficient (Wildman–Crippen LogP) is 3.22. The molecule has 1 atom stereocenters. The molecule has 0 saturated carbocycles. The second-order valence-corrected chi connectivity index (χ2v) is 7.97. The number of anilines is 2. The van der Waals surface area contributed by atoms with E-state index in [0.717, 1.165) is 0 Å². The summed E-state index contributed by atoms with van der Waals surface area (Å²) in [5, 5.41) is 8.73. The fraction of sp³-hybridized carbons (Fsp3) is 0.353. The molecule has 10 heteroatoms. The van der Waals surface area contributed by atoms with Crippen molar-refractivity contribution >= 4 is 51.0 Å². The van der Waals surface area contributed by atoms with Gasteiger partial charge in [0.2, 0.25) is 11.8 Å². The van der Waals surface area contributed by atoms with Crippen molar-refractivity contribution in [2.24, 2.45) is 0 Å². The third kappa shape index (κ3) is 5.16. The summed E-state index contributed by atoms with van der Waals surface area (Å²) in [5.41, 5.74) is 0.583. The van der Waals surface area contributed by atoms with Crippen LogP contribution < -0.4 is 20.1 Å². The summed E-state index contributed by atoms with van der Waals surface area (Å²) in [6, 6.07) is 5.10. The Balaban J connectivity index is 1.51. The number of nitrogens with zero attached hydrogens (tertiary/aromatic N) is 1. The molecule has 2 N–H and O–H groups in total. The average molecular weight is 456 g/mol. The van der Waals surface area contributed by atoms with Crippen LogP contribution in [0.3, 0.4) is 0 Å². The van der Waals surface area contributed by atoms with E-state index in [1.807, 2.05) is 0 Å². The molecule has 1 aromatic heterocycles. The Kier molecular flexibility index (Phi) is 6.27. The third-order valence-electron chi connectivity index (χ3n) is 3.62. The first-order valence-electron chi connectivity index (χ1n) is 8.17. The summed E-state index contributed by atoms with van der Waals surface area (Å²) >= 11 is 4.63. The van der Waals surface area contributed by atoms with E-state index in [9.17, 15) is 9.59 Å². The fourth-order valence-electron chi connectivity index (χ4n) is 2.28. The van der Waals surface area contributed by atoms with Gasteiger partial charge in [-0.25, -0.2) is 0 Å². The highest BCUT2D eigenvalue weighted by Gasteiger charge is 2.19. The summed E-state index contributed by atoms with van der Waals surface area (Å²) in [7, 11) is 0. The van der Waals surface area contributed by atoms with Gasteiger partial charge in [0.15, 0.2) is 17.3 Å². The Labute approximate surface area is 168 Å². The molecule has 27 heavy (non-hydrogen) atoms. The maximum Gasteiger partial charge on any atom is 0.238 e. The molecular weight excluding hydrogens is 438 g/mol. The molecule has 0 radical (unpaired) electrons. The SMILES string of the molecule is Cc1cc(NC(=O)[C@@H](C)SCC(=O)Nc2cc3c(cc2Br)OCCO3)no1. The zero-order chi connectivity index (χ0) is 19.4. The largest absolute Gasteiger partial charge is 0.486 e. The van der Waals surface area contributed by atoms with Crippen LogP contribution in [0.2, 0.25) is 0 Å². The van der Waals surface area contributed by atoms with E-state index in [1.54, 1.807) is 32.0 Å². The first-order valence-corrected chi connectivity index (χ1v) is 10.0. The monoisotopic (exact) mass is 455 g/mol. The number of carbonyl (C=O) groups is 2. The normalized spacial score (nSPS) is 13.7. The molecule has 144 valence electrons. The second-order valence-electron chi connectivity index (χ2n) is 5.79. The van der Waals surface area contributed by atoms with Crippen LogP contribution in [-0.4, -0.2) is 41.2 Å². The number of aryl methyl sites for hydroxylation is 1. The van der Waals surface area contributed by atoms with Gasteiger partial charge in [-0.15, -0.1) is 11.8 Å². The molecule has 0 spiro atoms. The summed E-state index contributed by atoms with van der Waals surface area (Å²) in [5.74, 6) is 1.82. The van der Waals surface area contributed by atoms with Gasteiger partial charge >= 0.3 is 0 Å². The third-order valence-corrected chi connectivity index (χ3v) is 5.42. The van der Waals surface area contributed by atoms with Crippen molar-refractivity contribution in [3.8, 4) is 11.5 Å². The number of halogens is 1. The Bertz CT molecular complexity index is 857. The van der Waals surface area contributed by atoms with Crippen LogP contribution in [-0.2, 0) is 9.59 Å². The Morgan fingerprint density at radius 1 is 1.22 bits per heavy atom. The first kappa shape index (κ1) is 19.6. The number of ether oxygens (including phenoxy) is 2. The molecule has 0 aliphatic carbocycles. The number of carbonyl (C=O) groups excluding carboxylic acids is 2. The Hall–Kier alpha value is -2.20. The molecule has 2 amide bonds. The minimum absolute atomic E-state index is 0.118. The number of hydrogen-bond donors (Lipinski definition) is 2. The average Bonchev–Trinajstić information content (AvgIpc) is 3.05. The number of amides is 2. The topological polar surface area (TPSA) is 103 Å². The van der Waals surface area contributed by atoms with E-state index in [0.29, 0.717) is 46.5 Å². The van der Waals surface area contributed by atoms with E-state index in [-0.39, 0.29) is 17.6 Å². The van der Waals surface area contributed by atoms with Crippen LogP contribution in [0.1, 0.15) is 12.7 Å². The molecule has 3 rings (SSSR count). The van der Waals surface area contributed by atoms with Crippen molar-refractivity contribution in [2.45, 2.75) is 19.1 Å². The molecule has 8 nitrogen and oxygen atoms in total. The van der Waals surface area contributed by atoms with Crippen molar-refractivity contribution in [3.05, 3.63) is 28.4 Å². The zero-order valence-electron chi connectivity index (χ0n) is 14.7. The van der Waals surface area contributed by atoms with Crippen LogP contribution in [0.4, 0.5) is 11.5 Å². The molecule has 0 saturated heterocycles. The number of benzene rings is 1. The van der Waals surface area contributed by atoms with Crippen molar-refractivity contribution in [2.75, 3.05) is 29.6 Å². The van der Waals surface area contributed by atoms with E-state index < -0.39 is 5.25 Å². The maximum atomic E-state index is 12.2. The lowest BCUT2D eigenvalue weighted by Gasteiger charge is -2.20. The summed E-state index contributed by atoms with van der Waals surface area (Å²) in [6.07, 6.45) is 0. The maximum absolute atomic E-state index is 12.2. The number of aromatic nitrogens is 1. The highest BCUT2D eigenvalue weighted by atomic mass is 79.9. The van der Waals surface area contributed by atoms with Crippen LogP contribution in [0.15, 0.2) is 27.2 Å². The van der Waals surface area contributed by atoms with Crippen LogP contribution in [0.25, 0.3) is 0 Å². The van der Waals surface area contributed by atoms with Gasteiger partial charge in [0.25, 0.3) is 0 Å². The standard InChI is InChI=1S/C17H18BrN3O5S/c1-9-5-15(21-26-9)20-17(23)10(2)27-8-16(22)19-12-7-14-13(6-11(12)18)24-3-4-25-14/h5-7,10H,3-4,8H2,1-2H3,(H,19,22)(H,20,21,23)/t10-/m1/s1. The van der Waals surface area contributed by atoms with Gasteiger partial charge < -0.3 is 24.6 Å². The summed E-state index contributed by atoms with van der Waals surface area (Å²) in [4.78, 5) is 24.4. The predicted molar refractivity (Wildman–Crippen MR) is 106 cm³/mol. The van der Waals surface area contributed by atoms with Gasteiger partial charge in [0, 0.05) is 22.7 Å². The van der Waals surface area contributed by atoms with E-state index in [1.165, 1.54) is 11.8 Å². The van der Waals surface area contributed by atoms with Gasteiger partial charge in [-0.2, -0.15) is 0 Å². The summed E-state index contributed by atoms with van der Waals surface area (Å²) in [6.45, 7) is 4.42. The fourth-order valence-corrected chi connectivity index (χ4v) is 3.38. The minimum Gasteiger partial charge on any atom is -0.486 e. The lowest BCUT2D eigenvalue weighted by Crippen LogP contribution is -2.25. The zero-order valence-corrected chi connectivity index (χ0v) is 17.1. The number of rotatable bonds is 6. The quantitative estimate of drug-likeness (QED) is 0.688. The van der Waals surface area contributed by atoms with Crippen LogP contribution in [0.5, 0.6) is 11.5 Å². The second kappa shape index (κ2) is 8.66. The van der Waals surface area contributed by atoms with E-state index in [2.05, 4.69) is 31.7 Å². The van der Waals surface area contributed by atoms with Crippen LogP contribution in [0, 0.1) is 6.92 Å². The van der Waals surface area contributed by atoms with Crippen LogP contribution >= 0.6 is 27.7 Å². The van der Waals surface area contributed by atoms with Crippen molar-refractivity contribution < 1.29 is 23.6 Å². The number of thioether (sulfide) groups is 1. The molecule has 1 aromatic carbocycles. The van der Waals surface area contributed by atoms with Gasteiger partial charge in [-0.3, -0.25) is 9.59 Å². The number of nitrogens with one attached hydrogen (secondary N) is 2. The Morgan fingerprint density at radius 3 is 2.59 bits per heavy atom. The highest BCUT2D eigenvalue weighted by molar-refractivity contribution is 9.10. The molecule has 0 fully saturated rings. The molecule has 2 heterocycles. The molecular formula is C17H18BrN3O5S. The lowest BCUT2D eigenvalue weighted by atomic mass is 10.2. The van der Waals surface area contributed by atoms with Gasteiger partial charge in [-0.05, 0) is 29.8 Å². The number of fused-ring (bicyclic) bond motifs is 1. The van der Waals surface area contributed by atoms with Gasteiger partial charge in [0.05, 0.1) is 16.7 Å². The number of hydrogen-bond acceptors (Lipinski definition) is 7. The molecule has 1 aliphatic heterocycles. The van der Waals surface area contributed by atoms with E-state index >= 15 is 0 Å². The van der Waals surface area contributed by atoms with Crippen molar-refractivity contribution in [1.82, 2.24) is 5.16 Å². The molecule has 0 unspecified atom stereocenters. The van der Waals surface area contributed by atoms with Crippen molar-refractivity contribution in [3.63, 3.8) is 0 Å². The van der Waals surface area contributed by atoms with Gasteiger partial charge in [-0.1, -0.05) is 5.16 Å². The highest BCUT2D eigenvalue weighted by Crippen LogP contribution is 2.38. The van der Waals surface area contributed by atoms with E-state index in [4.69, 9.17) is 14.0 Å². The first-order chi connectivity index (χ1) is 12.9. The smallest absolute Gasteiger partial charge is 0.238 e. The summed E-state index contributed by atoms with van der Waals surface area (Å²) < 4.78 is 16.6. The Morgan fingerprint density at radius 2 is 1.93 bits per heavy atom. The molecule has 1 aliphatic rings. The molecule has 2 aromatic rings. The lowest BCUT2D eigenvalue weighted by molar-refractivity contribution is -0.115. The minimum atomic E-state index is -0.434. The molecule has 0 bridgehead atoms. The van der Waals surface area contributed by atoms with Gasteiger partial charge in [0.1, 0.15) is 19.0 Å². The van der Waals surface area contributed by atoms with Crippen molar-refractivity contribution in [1.29, 1.82) is 0 Å².